The van der Waals surface area contributed by atoms with Gasteiger partial charge in [0.15, 0.2) is 0 Å². The minimum atomic E-state index is -0.0262. The van der Waals surface area contributed by atoms with Gasteiger partial charge in [-0.3, -0.25) is 0 Å². The molecule has 0 N–H and O–H groups in total. The minimum absolute atomic E-state index is 0.0262. The Kier molecular flexibility index (Phi) is 11.0. The summed E-state index contributed by atoms with van der Waals surface area (Å²) in [7, 11) is 0. The van der Waals surface area contributed by atoms with Crippen LogP contribution in [0, 0.1) is 18.8 Å². The number of anilines is 6. The van der Waals surface area contributed by atoms with Gasteiger partial charge in [0.05, 0.1) is 11.4 Å². The van der Waals surface area contributed by atoms with Gasteiger partial charge in [-0.25, -0.2) is 0 Å². The van der Waals surface area contributed by atoms with Crippen LogP contribution in [0.4, 0.5) is 34.1 Å². The highest BCUT2D eigenvalue weighted by atomic mass is 32.1. The summed E-state index contributed by atoms with van der Waals surface area (Å²) in [6.45, 7) is 44.4. The monoisotopic (exact) mass is 1030 g/mol. The van der Waals surface area contributed by atoms with Crippen molar-refractivity contribution in [1.29, 1.82) is 0 Å². The normalized spacial score (nSPS) is 22.8. The lowest BCUT2D eigenvalue weighted by molar-refractivity contribution is 0.176. The SMILES string of the molecule is Cc1cc2c3c(c1)N(c1ccc(C(C)(C)C)cc1-c1ccc(C4[C@@H](C)C[C@@H]4C)cc1)c1c(sc4cc5c(cc14)C(C)(C)CCC5(C)C)B3c1cc3c(cc1N2c1ccc2c(c1)C(C)(C)CCC2(C)C)C(C)(C)CCC3(C)C. The Balaban J connectivity index is 1.15. The van der Waals surface area contributed by atoms with Crippen LogP contribution in [0.1, 0.15) is 219 Å². The average molecular weight is 1040 g/mol. The van der Waals surface area contributed by atoms with Crippen LogP contribution >= 0.6 is 11.3 Å². The van der Waals surface area contributed by atoms with E-state index >= 15 is 0 Å². The Morgan fingerprint density at radius 3 is 1.60 bits per heavy atom. The molecule has 4 aliphatic carbocycles. The molecule has 13 rings (SSSR count). The maximum atomic E-state index is 2.79. The molecule has 1 saturated carbocycles. The van der Waals surface area contributed by atoms with Crippen LogP contribution in [0.5, 0.6) is 0 Å². The van der Waals surface area contributed by atoms with E-state index in [9.17, 15) is 0 Å². The molecule has 2 aliphatic heterocycles. The molecule has 77 heavy (non-hydrogen) atoms. The third-order valence-electron chi connectivity index (χ3n) is 21.5. The quantitative estimate of drug-likeness (QED) is 0.162. The van der Waals surface area contributed by atoms with E-state index in [0.29, 0.717) is 5.92 Å². The molecule has 1 aromatic heterocycles. The van der Waals surface area contributed by atoms with Crippen molar-refractivity contribution in [2.45, 2.75) is 213 Å². The third kappa shape index (κ3) is 7.65. The van der Waals surface area contributed by atoms with Gasteiger partial charge in [0.25, 0.3) is 6.71 Å². The summed E-state index contributed by atoms with van der Waals surface area (Å²) < 4.78 is 2.89. The molecule has 6 aromatic carbocycles. The van der Waals surface area contributed by atoms with Crippen molar-refractivity contribution in [2.24, 2.45) is 11.8 Å². The van der Waals surface area contributed by atoms with E-state index in [1.54, 1.807) is 0 Å². The highest BCUT2D eigenvalue weighted by molar-refractivity contribution is 7.33. The second-order valence-electron chi connectivity index (χ2n) is 30.8. The lowest BCUT2D eigenvalue weighted by Gasteiger charge is -2.47. The van der Waals surface area contributed by atoms with Crippen LogP contribution in [0.2, 0.25) is 0 Å². The first-order valence-electron chi connectivity index (χ1n) is 29.9. The zero-order chi connectivity index (χ0) is 54.6. The van der Waals surface area contributed by atoms with Crippen LogP contribution in [0.15, 0.2) is 97.1 Å². The average Bonchev–Trinajstić information content (AvgIpc) is 4.02. The first-order valence-corrected chi connectivity index (χ1v) is 30.7. The highest BCUT2D eigenvalue weighted by Gasteiger charge is 2.50. The fraction of sp³-hybridized carbons (Fsp3) is 0.479. The summed E-state index contributed by atoms with van der Waals surface area (Å²) in [6, 6.07) is 41.0. The van der Waals surface area contributed by atoms with E-state index in [-0.39, 0.29) is 44.6 Å². The number of hydrogen-bond acceptors (Lipinski definition) is 3. The first-order chi connectivity index (χ1) is 36.0. The molecule has 0 unspecified atom stereocenters. The van der Waals surface area contributed by atoms with Crippen molar-refractivity contribution in [3.05, 3.63) is 147 Å². The zero-order valence-electron chi connectivity index (χ0n) is 50.3. The molecule has 2 atom stereocenters. The third-order valence-corrected chi connectivity index (χ3v) is 22.7. The topological polar surface area (TPSA) is 6.48 Å². The van der Waals surface area contributed by atoms with Crippen molar-refractivity contribution in [2.75, 3.05) is 9.80 Å². The van der Waals surface area contributed by atoms with Gasteiger partial charge in [-0.2, -0.15) is 0 Å². The molecule has 0 bridgehead atoms. The molecule has 1 fully saturated rings. The standard InChI is InChI=1S/C73H87BN2S/c1-42-33-60-64-61(34-42)76(58-26-23-47(67(4,5)6)36-49(58)45-19-21-46(22-20-45)63-43(2)35-44(63)3)65-50-38-53-56(73(17,18)32-29-70(53,11)12)41-62(50)77-66(65)74(64)57-39-54-55(72(15,16)31-30-71(54,13)14)40-59(57)75(60)48-24-25-51-52(37-48)69(9,10)28-27-68(51,7)8/h19-26,33-34,36-41,43-44,63H,27-32,35H2,1-18H3/t43-,44-/m0/s1. The molecule has 4 heteroatoms. The van der Waals surface area contributed by atoms with Crippen LogP contribution in [-0.4, -0.2) is 6.71 Å². The maximum absolute atomic E-state index is 2.79. The minimum Gasteiger partial charge on any atom is -0.311 e. The molecule has 0 amide bonds. The molecule has 7 aromatic rings. The molecule has 398 valence electrons. The van der Waals surface area contributed by atoms with Crippen LogP contribution in [0.3, 0.4) is 0 Å². The van der Waals surface area contributed by atoms with Gasteiger partial charge < -0.3 is 9.80 Å². The summed E-state index contributed by atoms with van der Waals surface area (Å²) in [4.78, 5) is 5.54. The van der Waals surface area contributed by atoms with Crippen molar-refractivity contribution >= 4 is 78.0 Å². The number of benzene rings is 6. The van der Waals surface area contributed by atoms with Crippen molar-refractivity contribution < 1.29 is 0 Å². The number of aryl methyl sites for hydroxylation is 1. The van der Waals surface area contributed by atoms with Crippen molar-refractivity contribution in [1.82, 2.24) is 0 Å². The maximum Gasteiger partial charge on any atom is 0.264 e. The summed E-state index contributed by atoms with van der Waals surface area (Å²) in [5.41, 5.74) is 27.2. The van der Waals surface area contributed by atoms with Crippen LogP contribution in [0.25, 0.3) is 21.2 Å². The Morgan fingerprint density at radius 2 is 1.03 bits per heavy atom. The second-order valence-corrected chi connectivity index (χ2v) is 31.9. The van der Waals surface area contributed by atoms with E-state index < -0.39 is 0 Å². The Bertz CT molecular complexity index is 3610. The van der Waals surface area contributed by atoms with Crippen molar-refractivity contribution in [3.63, 3.8) is 0 Å². The summed E-state index contributed by atoms with van der Waals surface area (Å²) >= 11 is 2.09. The summed E-state index contributed by atoms with van der Waals surface area (Å²) in [5, 5.41) is 1.40. The number of thiophene rings is 1. The second kappa shape index (κ2) is 16.5. The Hall–Kier alpha value is -5.06. The number of nitrogens with zero attached hydrogens (tertiary/aromatic N) is 2. The van der Waals surface area contributed by atoms with Gasteiger partial charge in [-0.15, -0.1) is 11.3 Å². The molecule has 2 nitrogen and oxygen atoms in total. The van der Waals surface area contributed by atoms with E-state index in [1.165, 1.54) is 166 Å². The zero-order valence-corrected chi connectivity index (χ0v) is 51.1. The highest BCUT2D eigenvalue weighted by Crippen LogP contribution is 2.57. The predicted octanol–water partition coefficient (Wildman–Crippen LogP) is 19.1. The predicted molar refractivity (Wildman–Crippen MR) is 336 cm³/mol. The van der Waals surface area contributed by atoms with E-state index in [2.05, 4.69) is 243 Å². The van der Waals surface area contributed by atoms with Gasteiger partial charge in [-0.1, -0.05) is 160 Å². The Morgan fingerprint density at radius 1 is 0.506 bits per heavy atom. The van der Waals surface area contributed by atoms with E-state index in [4.69, 9.17) is 0 Å². The van der Waals surface area contributed by atoms with Gasteiger partial charge >= 0.3 is 0 Å². The molecule has 3 heterocycles. The molecular formula is C73H87BN2S. The molecule has 0 spiro atoms. The van der Waals surface area contributed by atoms with Gasteiger partial charge in [0.1, 0.15) is 0 Å². The van der Waals surface area contributed by atoms with E-state index in [1.807, 2.05) is 0 Å². The lowest BCUT2D eigenvalue weighted by atomic mass is 9.35. The molecule has 0 saturated heterocycles. The first kappa shape index (κ1) is 51.4. The van der Waals surface area contributed by atoms with Crippen LogP contribution in [-0.2, 0) is 37.9 Å². The lowest BCUT2D eigenvalue weighted by Crippen LogP contribution is -2.61. The molecule has 0 radical (unpaired) electrons. The fourth-order valence-electron chi connectivity index (χ4n) is 16.2. The Labute approximate surface area is 468 Å². The van der Waals surface area contributed by atoms with Crippen LogP contribution < -0.4 is 25.5 Å². The van der Waals surface area contributed by atoms with Crippen molar-refractivity contribution in [3.8, 4) is 11.1 Å². The molecule has 6 aliphatic rings. The fourth-order valence-corrected chi connectivity index (χ4v) is 17.5. The molecular weight excluding hydrogens is 948 g/mol. The van der Waals surface area contributed by atoms with Gasteiger partial charge in [0.2, 0.25) is 0 Å². The van der Waals surface area contributed by atoms with Gasteiger partial charge in [-0.05, 0) is 229 Å². The van der Waals surface area contributed by atoms with E-state index in [0.717, 1.165) is 11.8 Å². The number of fused-ring (bicyclic) bond motifs is 9. The van der Waals surface area contributed by atoms with Gasteiger partial charge in [0, 0.05) is 43.2 Å². The summed E-state index contributed by atoms with van der Waals surface area (Å²) in [5.74, 6) is 2.08. The number of rotatable bonds is 4. The smallest absolute Gasteiger partial charge is 0.264 e. The largest absolute Gasteiger partial charge is 0.311 e. The summed E-state index contributed by atoms with van der Waals surface area (Å²) in [6.07, 6.45) is 8.46. The number of hydrogen-bond donors (Lipinski definition) is 0.